The van der Waals surface area contributed by atoms with E-state index in [1.54, 1.807) is 0 Å². The molecule has 0 fully saturated rings. The number of nitrogens with zero attached hydrogens (tertiary/aromatic N) is 2. The molecule has 0 atom stereocenters. The monoisotopic (exact) mass is 289 g/mol. The number of benzene rings is 2. The standard InChI is InChI=1S/C14H15N5.ClH/c15-13(16)19-14(17)18-12-8-6-11(7-9-12)10-4-2-1-3-5-10;/h1-9H,(H6,15,16,17,18,19);1H. The van der Waals surface area contributed by atoms with Crippen LogP contribution in [-0.2, 0) is 0 Å². The Morgan fingerprint density at radius 2 is 1.30 bits per heavy atom. The summed E-state index contributed by atoms with van der Waals surface area (Å²) in [5.41, 5.74) is 18.9. The van der Waals surface area contributed by atoms with Gasteiger partial charge in [-0.1, -0.05) is 42.5 Å². The summed E-state index contributed by atoms with van der Waals surface area (Å²) in [4.78, 5) is 7.73. The lowest BCUT2D eigenvalue weighted by Gasteiger charge is -2.02. The van der Waals surface area contributed by atoms with Crippen LogP contribution in [0.5, 0.6) is 0 Å². The van der Waals surface area contributed by atoms with Crippen LogP contribution in [0.4, 0.5) is 5.69 Å². The van der Waals surface area contributed by atoms with Gasteiger partial charge < -0.3 is 17.2 Å². The molecule has 2 rings (SSSR count). The molecule has 2 aromatic carbocycles. The molecule has 0 spiro atoms. The van der Waals surface area contributed by atoms with Gasteiger partial charge in [-0.25, -0.2) is 4.99 Å². The van der Waals surface area contributed by atoms with Crippen LogP contribution in [-0.4, -0.2) is 11.9 Å². The van der Waals surface area contributed by atoms with Gasteiger partial charge in [0.25, 0.3) is 0 Å². The lowest BCUT2D eigenvalue weighted by Crippen LogP contribution is -2.26. The Bertz CT molecular complexity index is 601. The van der Waals surface area contributed by atoms with Crippen LogP contribution in [0.1, 0.15) is 0 Å². The van der Waals surface area contributed by atoms with Gasteiger partial charge >= 0.3 is 0 Å². The third-order valence-electron chi connectivity index (χ3n) is 2.46. The largest absolute Gasteiger partial charge is 0.370 e. The van der Waals surface area contributed by atoms with Gasteiger partial charge in [0.05, 0.1) is 5.69 Å². The molecule has 2 aromatic rings. The molecule has 0 unspecified atom stereocenters. The van der Waals surface area contributed by atoms with Gasteiger partial charge in [-0.2, -0.15) is 4.99 Å². The molecule has 0 saturated heterocycles. The zero-order chi connectivity index (χ0) is 13.7. The summed E-state index contributed by atoms with van der Waals surface area (Å²) in [5.74, 6) is -0.0744. The van der Waals surface area contributed by atoms with E-state index in [1.807, 2.05) is 54.6 Å². The maximum Gasteiger partial charge on any atom is 0.223 e. The highest BCUT2D eigenvalue weighted by Crippen LogP contribution is 2.22. The van der Waals surface area contributed by atoms with E-state index in [0.717, 1.165) is 11.1 Å². The highest BCUT2D eigenvalue weighted by Gasteiger charge is 1.97. The number of halogens is 1. The molecule has 0 heterocycles. The zero-order valence-corrected chi connectivity index (χ0v) is 11.5. The van der Waals surface area contributed by atoms with E-state index in [2.05, 4.69) is 9.98 Å². The van der Waals surface area contributed by atoms with Crippen molar-refractivity contribution in [2.75, 3.05) is 0 Å². The molecule has 0 aliphatic heterocycles. The molecule has 0 aliphatic carbocycles. The molecule has 0 aliphatic rings. The predicted octanol–water partition coefficient (Wildman–Crippen LogP) is 2.00. The number of hydrogen-bond acceptors (Lipinski definition) is 1. The number of hydrogen-bond donors (Lipinski definition) is 3. The van der Waals surface area contributed by atoms with E-state index >= 15 is 0 Å². The Morgan fingerprint density at radius 3 is 1.85 bits per heavy atom. The molecule has 0 radical (unpaired) electrons. The second-order valence-electron chi connectivity index (χ2n) is 3.92. The molecule has 0 aromatic heterocycles. The highest BCUT2D eigenvalue weighted by atomic mass is 35.5. The van der Waals surface area contributed by atoms with Crippen LogP contribution in [0.25, 0.3) is 11.1 Å². The van der Waals surface area contributed by atoms with Crippen molar-refractivity contribution in [1.29, 1.82) is 0 Å². The molecule has 6 heteroatoms. The first kappa shape index (κ1) is 15.5. The topological polar surface area (TPSA) is 103 Å². The number of nitrogens with two attached hydrogens (primary N) is 3. The first-order chi connectivity index (χ1) is 9.15. The predicted molar refractivity (Wildman–Crippen MR) is 86.2 cm³/mol. The van der Waals surface area contributed by atoms with Crippen molar-refractivity contribution in [3.63, 3.8) is 0 Å². The normalized spacial score (nSPS) is 10.5. The van der Waals surface area contributed by atoms with E-state index in [9.17, 15) is 0 Å². The average Bonchev–Trinajstić information content (AvgIpc) is 2.39. The van der Waals surface area contributed by atoms with E-state index in [4.69, 9.17) is 17.2 Å². The Kier molecular flexibility index (Phi) is 5.56. The van der Waals surface area contributed by atoms with Gasteiger partial charge in [0, 0.05) is 0 Å². The SMILES string of the molecule is Cl.NC(N)=NC(N)=Nc1ccc(-c2ccccc2)cc1. The number of rotatable bonds is 2. The maximum atomic E-state index is 5.56. The molecule has 104 valence electrons. The quantitative estimate of drug-likeness (QED) is 0.582. The summed E-state index contributed by atoms with van der Waals surface area (Å²) in [7, 11) is 0. The summed E-state index contributed by atoms with van der Waals surface area (Å²) < 4.78 is 0. The summed E-state index contributed by atoms with van der Waals surface area (Å²) in [6, 6.07) is 17.7. The number of guanidine groups is 2. The Hall–Kier alpha value is -2.53. The summed E-state index contributed by atoms with van der Waals surface area (Å²) in [6.07, 6.45) is 0. The zero-order valence-electron chi connectivity index (χ0n) is 10.7. The Morgan fingerprint density at radius 1 is 0.750 bits per heavy atom. The van der Waals surface area contributed by atoms with Gasteiger partial charge in [-0.15, -0.1) is 12.4 Å². The maximum absolute atomic E-state index is 5.56. The minimum atomic E-state index is -0.109. The molecule has 20 heavy (non-hydrogen) atoms. The minimum Gasteiger partial charge on any atom is -0.370 e. The molecular weight excluding hydrogens is 274 g/mol. The van der Waals surface area contributed by atoms with E-state index < -0.39 is 0 Å². The van der Waals surface area contributed by atoms with Crippen molar-refractivity contribution in [2.45, 2.75) is 0 Å². The van der Waals surface area contributed by atoms with Gasteiger partial charge in [-0.05, 0) is 23.3 Å². The van der Waals surface area contributed by atoms with Crippen molar-refractivity contribution < 1.29 is 0 Å². The Balaban J connectivity index is 0.00000200. The van der Waals surface area contributed by atoms with Crippen molar-refractivity contribution in [3.05, 3.63) is 54.6 Å². The van der Waals surface area contributed by atoms with Gasteiger partial charge in [0.1, 0.15) is 0 Å². The smallest absolute Gasteiger partial charge is 0.223 e. The second kappa shape index (κ2) is 7.16. The fraction of sp³-hybridized carbons (Fsp3) is 0. The van der Waals surface area contributed by atoms with Crippen molar-refractivity contribution in [3.8, 4) is 11.1 Å². The fourth-order valence-corrected chi connectivity index (χ4v) is 1.65. The van der Waals surface area contributed by atoms with E-state index in [0.29, 0.717) is 5.69 Å². The van der Waals surface area contributed by atoms with Crippen molar-refractivity contribution in [1.82, 2.24) is 0 Å². The highest BCUT2D eigenvalue weighted by molar-refractivity contribution is 5.93. The second-order valence-corrected chi connectivity index (χ2v) is 3.92. The lowest BCUT2D eigenvalue weighted by atomic mass is 10.1. The van der Waals surface area contributed by atoms with E-state index in [1.165, 1.54) is 0 Å². The first-order valence-corrected chi connectivity index (χ1v) is 5.74. The fourth-order valence-electron chi connectivity index (χ4n) is 1.65. The average molecular weight is 290 g/mol. The molecule has 0 saturated carbocycles. The van der Waals surface area contributed by atoms with Crippen LogP contribution in [0.3, 0.4) is 0 Å². The van der Waals surface area contributed by atoms with Crippen molar-refractivity contribution >= 4 is 30.0 Å². The van der Waals surface area contributed by atoms with Gasteiger partial charge in [0.2, 0.25) is 5.96 Å². The number of aliphatic imine (C=N–C) groups is 2. The van der Waals surface area contributed by atoms with Crippen LogP contribution in [0.15, 0.2) is 64.6 Å². The van der Waals surface area contributed by atoms with Gasteiger partial charge in [-0.3, -0.25) is 0 Å². The Labute approximate surface area is 123 Å². The van der Waals surface area contributed by atoms with Crippen LogP contribution in [0.2, 0.25) is 0 Å². The molecule has 5 nitrogen and oxygen atoms in total. The molecular formula is C14H16ClN5. The van der Waals surface area contributed by atoms with Crippen LogP contribution in [0, 0.1) is 0 Å². The third-order valence-corrected chi connectivity index (χ3v) is 2.46. The van der Waals surface area contributed by atoms with Crippen molar-refractivity contribution in [2.24, 2.45) is 27.2 Å². The van der Waals surface area contributed by atoms with Crippen LogP contribution < -0.4 is 17.2 Å². The summed E-state index contributed by atoms with van der Waals surface area (Å²) in [5, 5.41) is 0. The molecule has 0 amide bonds. The summed E-state index contributed by atoms with van der Waals surface area (Å²) >= 11 is 0. The van der Waals surface area contributed by atoms with Crippen LogP contribution >= 0.6 is 12.4 Å². The minimum absolute atomic E-state index is 0. The molecule has 6 N–H and O–H groups in total. The summed E-state index contributed by atoms with van der Waals surface area (Å²) in [6.45, 7) is 0. The third kappa shape index (κ3) is 4.29. The lowest BCUT2D eigenvalue weighted by molar-refractivity contribution is 1.38. The molecule has 0 bridgehead atoms. The van der Waals surface area contributed by atoms with Gasteiger partial charge in [0.15, 0.2) is 5.96 Å². The van der Waals surface area contributed by atoms with E-state index in [-0.39, 0.29) is 24.3 Å². The first-order valence-electron chi connectivity index (χ1n) is 5.74.